The van der Waals surface area contributed by atoms with Gasteiger partial charge in [-0.15, -0.1) is 24.0 Å². The monoisotopic (exact) mass is 528 g/mol. The van der Waals surface area contributed by atoms with Crippen molar-refractivity contribution in [1.29, 1.82) is 0 Å². The fourth-order valence-corrected chi connectivity index (χ4v) is 5.08. The number of nitrogens with zero attached hydrogens (tertiary/aromatic N) is 2. The molecule has 1 heterocycles. The first kappa shape index (κ1) is 24.3. The van der Waals surface area contributed by atoms with Crippen LogP contribution in [0.5, 0.6) is 5.75 Å². The lowest BCUT2D eigenvalue weighted by molar-refractivity contribution is 0.414. The first-order chi connectivity index (χ1) is 12.5. The van der Waals surface area contributed by atoms with E-state index in [1.807, 2.05) is 24.3 Å². The number of methoxy groups -OCH3 is 1. The summed E-state index contributed by atoms with van der Waals surface area (Å²) in [5.41, 5.74) is 1.19. The van der Waals surface area contributed by atoms with Crippen LogP contribution in [0.1, 0.15) is 5.56 Å². The third kappa shape index (κ3) is 8.44. The predicted octanol–water partition coefficient (Wildman–Crippen LogP) is 1.40. The van der Waals surface area contributed by atoms with Crippen molar-refractivity contribution >= 4 is 51.7 Å². The third-order valence-corrected chi connectivity index (χ3v) is 6.92. The normalized spacial score (nSPS) is 15.7. The number of hydrogen-bond donors (Lipinski definition) is 2. The average molecular weight is 528 g/mol. The smallest absolute Gasteiger partial charge is 0.215 e. The van der Waals surface area contributed by atoms with E-state index in [1.165, 1.54) is 5.56 Å². The molecule has 0 amide bonds. The SMILES string of the molecule is CN=C(NCCc1ccc(OC)cc1)NCCS(=O)(=O)N1CCSCC1.I. The lowest BCUT2D eigenvalue weighted by Crippen LogP contribution is -2.44. The highest BCUT2D eigenvalue weighted by molar-refractivity contribution is 14.0. The second kappa shape index (κ2) is 12.7. The summed E-state index contributed by atoms with van der Waals surface area (Å²) in [6, 6.07) is 7.93. The van der Waals surface area contributed by atoms with Gasteiger partial charge in [0.05, 0.1) is 12.9 Å². The number of sulfonamides is 1. The predicted molar refractivity (Wildman–Crippen MR) is 124 cm³/mol. The molecule has 27 heavy (non-hydrogen) atoms. The zero-order valence-electron chi connectivity index (χ0n) is 15.8. The maximum atomic E-state index is 12.3. The van der Waals surface area contributed by atoms with E-state index in [4.69, 9.17) is 4.74 Å². The van der Waals surface area contributed by atoms with Gasteiger partial charge in [-0.1, -0.05) is 12.1 Å². The molecule has 1 saturated heterocycles. The molecule has 0 aromatic heterocycles. The summed E-state index contributed by atoms with van der Waals surface area (Å²) in [7, 11) is 0.135. The minimum absolute atomic E-state index is 0. The Morgan fingerprint density at radius 2 is 1.81 bits per heavy atom. The number of aliphatic imine (C=N–C) groups is 1. The van der Waals surface area contributed by atoms with Crippen molar-refractivity contribution in [3.05, 3.63) is 29.8 Å². The standard InChI is InChI=1S/C17H28N4O3S2.HI/c1-18-17(19-8-7-15-3-5-16(24-2)6-4-15)20-9-14-26(22,23)21-10-12-25-13-11-21;/h3-6H,7-14H2,1-2H3,(H2,18,19,20);1H. The van der Waals surface area contributed by atoms with Gasteiger partial charge in [-0.05, 0) is 24.1 Å². The number of halogens is 1. The van der Waals surface area contributed by atoms with Crippen LogP contribution in [0.15, 0.2) is 29.3 Å². The van der Waals surface area contributed by atoms with Gasteiger partial charge in [0.2, 0.25) is 10.0 Å². The quantitative estimate of drug-likeness (QED) is 0.302. The number of nitrogens with one attached hydrogen (secondary N) is 2. The van der Waals surface area contributed by atoms with Crippen LogP contribution in [0.4, 0.5) is 0 Å². The molecule has 1 aromatic rings. The summed E-state index contributed by atoms with van der Waals surface area (Å²) in [5, 5.41) is 6.29. The van der Waals surface area contributed by atoms with Gasteiger partial charge in [-0.25, -0.2) is 12.7 Å². The lowest BCUT2D eigenvalue weighted by Gasteiger charge is -2.25. The van der Waals surface area contributed by atoms with Crippen molar-refractivity contribution in [3.63, 3.8) is 0 Å². The Labute approximate surface area is 183 Å². The minimum Gasteiger partial charge on any atom is -0.497 e. The first-order valence-corrected chi connectivity index (χ1v) is 11.4. The van der Waals surface area contributed by atoms with Crippen LogP contribution in [-0.4, -0.2) is 76.3 Å². The average Bonchev–Trinajstić information content (AvgIpc) is 2.68. The van der Waals surface area contributed by atoms with Crippen LogP contribution in [-0.2, 0) is 16.4 Å². The molecule has 0 bridgehead atoms. The highest BCUT2D eigenvalue weighted by Crippen LogP contribution is 2.13. The molecule has 2 N–H and O–H groups in total. The number of rotatable bonds is 8. The molecule has 1 fully saturated rings. The number of guanidine groups is 1. The third-order valence-electron chi connectivity index (χ3n) is 4.10. The molecule has 7 nitrogen and oxygen atoms in total. The van der Waals surface area contributed by atoms with Crippen LogP contribution >= 0.6 is 35.7 Å². The maximum Gasteiger partial charge on any atom is 0.215 e. The van der Waals surface area contributed by atoms with Gasteiger partial charge in [0.1, 0.15) is 5.75 Å². The topological polar surface area (TPSA) is 83.0 Å². The molecule has 0 radical (unpaired) electrons. The zero-order chi connectivity index (χ0) is 18.8. The Morgan fingerprint density at radius 3 is 2.41 bits per heavy atom. The zero-order valence-corrected chi connectivity index (χ0v) is 19.8. The molecule has 0 aliphatic carbocycles. The Bertz CT molecular complexity index is 678. The summed E-state index contributed by atoms with van der Waals surface area (Å²) < 4.78 is 31.4. The Hall–Kier alpha value is -0.720. The second-order valence-corrected chi connectivity index (χ2v) is 9.16. The fraction of sp³-hybridized carbons (Fsp3) is 0.588. The molecule has 0 saturated carbocycles. The van der Waals surface area contributed by atoms with E-state index in [0.29, 0.717) is 32.1 Å². The second-order valence-electron chi connectivity index (χ2n) is 5.85. The molecule has 154 valence electrons. The fourth-order valence-electron chi connectivity index (χ4n) is 2.59. The van der Waals surface area contributed by atoms with Crippen LogP contribution in [0.25, 0.3) is 0 Å². The van der Waals surface area contributed by atoms with Crippen molar-refractivity contribution in [2.75, 3.05) is 57.6 Å². The molecule has 0 unspecified atom stereocenters. The van der Waals surface area contributed by atoms with Crippen molar-refractivity contribution < 1.29 is 13.2 Å². The molecule has 2 rings (SSSR count). The van der Waals surface area contributed by atoms with Gasteiger partial charge in [-0.3, -0.25) is 4.99 Å². The van der Waals surface area contributed by atoms with Crippen LogP contribution in [0.3, 0.4) is 0 Å². The van der Waals surface area contributed by atoms with E-state index in [9.17, 15) is 8.42 Å². The van der Waals surface area contributed by atoms with E-state index in [2.05, 4.69) is 15.6 Å². The van der Waals surface area contributed by atoms with Gasteiger partial charge in [0.25, 0.3) is 0 Å². The summed E-state index contributed by atoms with van der Waals surface area (Å²) in [6.45, 7) is 2.28. The van der Waals surface area contributed by atoms with Crippen molar-refractivity contribution in [2.45, 2.75) is 6.42 Å². The van der Waals surface area contributed by atoms with Gasteiger partial charge in [-0.2, -0.15) is 11.8 Å². The van der Waals surface area contributed by atoms with Gasteiger partial charge < -0.3 is 15.4 Å². The molecule has 1 aliphatic heterocycles. The molecule has 0 atom stereocenters. The lowest BCUT2D eigenvalue weighted by atomic mass is 10.1. The van der Waals surface area contributed by atoms with Crippen molar-refractivity contribution in [1.82, 2.24) is 14.9 Å². The first-order valence-electron chi connectivity index (χ1n) is 8.68. The largest absolute Gasteiger partial charge is 0.497 e. The molecule has 1 aromatic carbocycles. The number of benzene rings is 1. The van der Waals surface area contributed by atoms with Gasteiger partial charge in [0.15, 0.2) is 5.96 Å². The summed E-state index contributed by atoms with van der Waals surface area (Å²) >= 11 is 1.80. The van der Waals surface area contributed by atoms with Crippen LogP contribution in [0.2, 0.25) is 0 Å². The molecular weight excluding hydrogens is 499 g/mol. The summed E-state index contributed by atoms with van der Waals surface area (Å²) in [4.78, 5) is 4.14. The highest BCUT2D eigenvalue weighted by Gasteiger charge is 2.23. The van der Waals surface area contributed by atoms with Crippen molar-refractivity contribution in [2.24, 2.45) is 4.99 Å². The Balaban J connectivity index is 0.00000364. The van der Waals surface area contributed by atoms with E-state index in [1.54, 1.807) is 30.2 Å². The number of thioether (sulfide) groups is 1. The molecule has 0 spiro atoms. The molecular formula is C17H29IN4O3S2. The highest BCUT2D eigenvalue weighted by atomic mass is 127. The van der Waals surface area contributed by atoms with E-state index in [0.717, 1.165) is 23.7 Å². The number of ether oxygens (including phenoxy) is 1. The number of hydrogen-bond acceptors (Lipinski definition) is 5. The maximum absolute atomic E-state index is 12.3. The van der Waals surface area contributed by atoms with E-state index in [-0.39, 0.29) is 29.7 Å². The molecule has 10 heteroatoms. The Morgan fingerprint density at radius 1 is 1.19 bits per heavy atom. The summed E-state index contributed by atoms with van der Waals surface area (Å²) in [5.74, 6) is 3.29. The van der Waals surface area contributed by atoms with Gasteiger partial charge in [0, 0.05) is 44.7 Å². The Kier molecular flexibility index (Phi) is 11.4. The van der Waals surface area contributed by atoms with Gasteiger partial charge >= 0.3 is 0 Å². The summed E-state index contributed by atoms with van der Waals surface area (Å²) in [6.07, 6.45) is 0.842. The van der Waals surface area contributed by atoms with Crippen LogP contribution < -0.4 is 15.4 Å². The van der Waals surface area contributed by atoms with E-state index >= 15 is 0 Å². The van der Waals surface area contributed by atoms with Crippen LogP contribution in [0, 0.1) is 0 Å². The molecule has 1 aliphatic rings. The minimum atomic E-state index is -3.19. The van der Waals surface area contributed by atoms with Crippen molar-refractivity contribution in [3.8, 4) is 5.75 Å². The van der Waals surface area contributed by atoms with E-state index < -0.39 is 10.0 Å².